The lowest BCUT2D eigenvalue weighted by molar-refractivity contribution is 0.174. The van der Waals surface area contributed by atoms with Crippen molar-refractivity contribution in [2.45, 2.75) is 41.0 Å². The first-order valence-electron chi connectivity index (χ1n) is 6.16. The fourth-order valence-electron chi connectivity index (χ4n) is 0.913. The third-order valence-corrected chi connectivity index (χ3v) is 2.40. The number of hydrogen-bond acceptors (Lipinski definition) is 2. The molecular formula is C14H29NO. The first-order valence-corrected chi connectivity index (χ1v) is 6.16. The zero-order valence-corrected chi connectivity index (χ0v) is 12.1. The molecule has 0 aromatic rings. The molecule has 0 aliphatic heterocycles. The van der Waals surface area contributed by atoms with Crippen LogP contribution in [0.1, 0.15) is 41.0 Å². The number of methoxy groups -OCH3 is 1. The summed E-state index contributed by atoms with van der Waals surface area (Å²) in [7, 11) is 3.81. The third kappa shape index (κ3) is 9.78. The average molecular weight is 227 g/mol. The average Bonchev–Trinajstić information content (AvgIpc) is 2.34. The fraction of sp³-hybridized carbons (Fsp3) is 0.714. The summed E-state index contributed by atoms with van der Waals surface area (Å²) in [6, 6.07) is 0. The van der Waals surface area contributed by atoms with Crippen molar-refractivity contribution in [2.24, 2.45) is 0 Å². The van der Waals surface area contributed by atoms with Crippen molar-refractivity contribution in [3.63, 3.8) is 0 Å². The molecule has 0 aromatic heterocycles. The number of likely N-dealkylation sites (N-methyl/N-ethyl adjacent to an activating group) is 1. The number of ether oxygens (including phenoxy) is 1. The largest absolute Gasteiger partial charge is 0.383 e. The monoisotopic (exact) mass is 227 g/mol. The van der Waals surface area contributed by atoms with E-state index in [1.54, 1.807) is 7.11 Å². The van der Waals surface area contributed by atoms with Crippen molar-refractivity contribution in [1.82, 2.24) is 4.90 Å². The minimum atomic E-state index is 0.776. The Morgan fingerprint density at radius 2 is 1.75 bits per heavy atom. The Hall–Kier alpha value is -0.760. The van der Waals surface area contributed by atoms with Crippen molar-refractivity contribution in [3.8, 4) is 0 Å². The van der Waals surface area contributed by atoms with Gasteiger partial charge in [-0.05, 0) is 26.3 Å². The zero-order valence-electron chi connectivity index (χ0n) is 12.1. The van der Waals surface area contributed by atoms with Crippen molar-refractivity contribution in [2.75, 3.05) is 27.3 Å². The van der Waals surface area contributed by atoms with Crippen LogP contribution < -0.4 is 0 Å². The molecule has 0 bridgehead atoms. The van der Waals surface area contributed by atoms with Gasteiger partial charge in [-0.2, -0.15) is 0 Å². The van der Waals surface area contributed by atoms with Gasteiger partial charge in [-0.15, -0.1) is 0 Å². The van der Waals surface area contributed by atoms with Crippen LogP contribution in [-0.4, -0.2) is 32.2 Å². The predicted octanol–water partition coefficient (Wildman–Crippen LogP) is 3.85. The first-order chi connectivity index (χ1) is 7.61. The summed E-state index contributed by atoms with van der Waals surface area (Å²) < 4.78 is 5.03. The Labute approximate surface area is 102 Å². The molecule has 96 valence electrons. The van der Waals surface area contributed by atoms with E-state index >= 15 is 0 Å². The van der Waals surface area contributed by atoms with Crippen LogP contribution >= 0.6 is 0 Å². The minimum absolute atomic E-state index is 0.776. The van der Waals surface area contributed by atoms with Gasteiger partial charge in [-0.25, -0.2) is 0 Å². The van der Waals surface area contributed by atoms with Crippen molar-refractivity contribution < 1.29 is 4.74 Å². The summed E-state index contributed by atoms with van der Waals surface area (Å²) in [4.78, 5) is 2.20. The number of hydrogen-bond donors (Lipinski definition) is 0. The lowest BCUT2D eigenvalue weighted by Gasteiger charge is -2.18. The van der Waals surface area contributed by atoms with Crippen LogP contribution in [0.5, 0.6) is 0 Å². The minimum Gasteiger partial charge on any atom is -0.383 e. The molecule has 2 nitrogen and oxygen atoms in total. The van der Waals surface area contributed by atoms with Crippen LogP contribution in [-0.2, 0) is 4.74 Å². The van der Waals surface area contributed by atoms with E-state index in [1.165, 1.54) is 11.3 Å². The molecule has 0 aliphatic carbocycles. The second-order valence-electron chi connectivity index (χ2n) is 3.59. The van der Waals surface area contributed by atoms with Crippen LogP contribution in [0.3, 0.4) is 0 Å². The molecule has 0 saturated carbocycles. The summed E-state index contributed by atoms with van der Waals surface area (Å²) in [5.74, 6) is 0. The smallest absolute Gasteiger partial charge is 0.0637 e. The van der Waals surface area contributed by atoms with Crippen molar-refractivity contribution >= 4 is 0 Å². The molecule has 0 heterocycles. The number of rotatable bonds is 6. The molecule has 0 amide bonds. The number of allylic oxidation sites excluding steroid dienone is 4. The highest BCUT2D eigenvalue weighted by Crippen LogP contribution is 2.03. The van der Waals surface area contributed by atoms with Crippen LogP contribution in [0.15, 0.2) is 23.4 Å². The molecule has 0 N–H and O–H groups in total. The van der Waals surface area contributed by atoms with E-state index in [0.29, 0.717) is 0 Å². The molecule has 0 spiro atoms. The molecule has 0 fully saturated rings. The van der Waals surface area contributed by atoms with E-state index in [9.17, 15) is 0 Å². The van der Waals surface area contributed by atoms with E-state index in [-0.39, 0.29) is 0 Å². The van der Waals surface area contributed by atoms with Crippen LogP contribution in [0.2, 0.25) is 0 Å². The fourth-order valence-corrected chi connectivity index (χ4v) is 0.913. The van der Waals surface area contributed by atoms with Gasteiger partial charge >= 0.3 is 0 Å². The molecule has 0 aliphatic rings. The highest BCUT2D eigenvalue weighted by atomic mass is 16.5. The molecule has 0 atom stereocenters. The molecular weight excluding hydrogens is 198 g/mol. The van der Waals surface area contributed by atoms with Gasteiger partial charge in [0.25, 0.3) is 0 Å². The maximum absolute atomic E-state index is 5.03. The Bertz CT molecular complexity index is 207. The van der Waals surface area contributed by atoms with Gasteiger partial charge in [0.2, 0.25) is 0 Å². The zero-order chi connectivity index (χ0) is 13.0. The van der Waals surface area contributed by atoms with Gasteiger partial charge in [0, 0.05) is 26.4 Å². The number of nitrogens with zero attached hydrogens (tertiary/aromatic N) is 1. The van der Waals surface area contributed by atoms with Crippen LogP contribution in [0, 0.1) is 0 Å². The van der Waals surface area contributed by atoms with Gasteiger partial charge in [-0.1, -0.05) is 32.4 Å². The molecule has 2 heteroatoms. The maximum atomic E-state index is 5.03. The molecule has 0 unspecified atom stereocenters. The van der Waals surface area contributed by atoms with Crippen molar-refractivity contribution in [3.05, 3.63) is 23.4 Å². The van der Waals surface area contributed by atoms with Gasteiger partial charge in [0.05, 0.1) is 6.61 Å². The summed E-state index contributed by atoms with van der Waals surface area (Å²) in [6.45, 7) is 12.2. The van der Waals surface area contributed by atoms with E-state index in [0.717, 1.165) is 19.6 Å². The van der Waals surface area contributed by atoms with E-state index in [2.05, 4.69) is 44.9 Å². The Balaban J connectivity index is 0. The van der Waals surface area contributed by atoms with E-state index in [1.807, 2.05) is 13.8 Å². The standard InChI is InChI=1S/C12H23NO.C2H6/c1-6-11(2)7-8-12(3)13(4)9-10-14-5;1-2/h7-8H,6,9-10H2,1-5H3;1-2H3/b11-7-,12-8+;. The summed E-state index contributed by atoms with van der Waals surface area (Å²) >= 11 is 0. The molecule has 0 radical (unpaired) electrons. The second kappa shape index (κ2) is 12.3. The van der Waals surface area contributed by atoms with Gasteiger partial charge in [0.15, 0.2) is 0 Å². The lowest BCUT2D eigenvalue weighted by Crippen LogP contribution is -2.20. The normalized spacial score (nSPS) is 11.9. The first kappa shape index (κ1) is 17.6. The highest BCUT2D eigenvalue weighted by Gasteiger charge is 1.96. The molecule has 0 saturated heterocycles. The summed E-state index contributed by atoms with van der Waals surface area (Å²) in [5, 5.41) is 0. The topological polar surface area (TPSA) is 12.5 Å². The summed E-state index contributed by atoms with van der Waals surface area (Å²) in [6.07, 6.45) is 5.46. The van der Waals surface area contributed by atoms with Gasteiger partial charge < -0.3 is 9.64 Å². The Morgan fingerprint density at radius 1 is 1.19 bits per heavy atom. The molecule has 0 aromatic carbocycles. The van der Waals surface area contributed by atoms with E-state index < -0.39 is 0 Å². The van der Waals surface area contributed by atoms with Crippen LogP contribution in [0.4, 0.5) is 0 Å². The second-order valence-corrected chi connectivity index (χ2v) is 3.59. The van der Waals surface area contributed by atoms with Gasteiger partial charge in [-0.3, -0.25) is 0 Å². The SMILES string of the molecule is CC.CC/C(C)=C\C=C(/C)N(C)CCOC. The Kier molecular flexibility index (Phi) is 13.6. The molecule has 0 rings (SSSR count). The quantitative estimate of drug-likeness (QED) is 0.639. The van der Waals surface area contributed by atoms with Crippen molar-refractivity contribution in [1.29, 1.82) is 0 Å². The maximum Gasteiger partial charge on any atom is 0.0637 e. The summed E-state index contributed by atoms with van der Waals surface area (Å²) in [5.41, 5.74) is 2.68. The molecule has 16 heavy (non-hydrogen) atoms. The Morgan fingerprint density at radius 3 is 2.19 bits per heavy atom. The van der Waals surface area contributed by atoms with E-state index in [4.69, 9.17) is 4.74 Å². The van der Waals surface area contributed by atoms with Crippen LogP contribution in [0.25, 0.3) is 0 Å². The highest BCUT2D eigenvalue weighted by molar-refractivity contribution is 5.14. The van der Waals surface area contributed by atoms with Gasteiger partial charge in [0.1, 0.15) is 0 Å². The lowest BCUT2D eigenvalue weighted by atomic mass is 10.2. The predicted molar refractivity (Wildman–Crippen MR) is 73.7 cm³/mol. The third-order valence-electron chi connectivity index (χ3n) is 2.40.